The molecule has 5 nitrogen and oxygen atoms in total. The molecule has 1 aliphatic heterocycles. The van der Waals surface area contributed by atoms with Gasteiger partial charge >= 0.3 is 0 Å². The van der Waals surface area contributed by atoms with Crippen LogP contribution in [0.25, 0.3) is 0 Å². The van der Waals surface area contributed by atoms with Crippen molar-refractivity contribution in [2.45, 2.75) is 17.1 Å². The first-order valence-corrected chi connectivity index (χ1v) is 10.3. The van der Waals surface area contributed by atoms with Gasteiger partial charge in [-0.2, -0.15) is 8.42 Å². The quantitative estimate of drug-likeness (QED) is 0.792. The van der Waals surface area contributed by atoms with E-state index in [1.54, 1.807) is 6.92 Å². The number of benzene rings is 2. The molecule has 1 fully saturated rings. The lowest BCUT2D eigenvalue weighted by Gasteiger charge is -2.13. The molecule has 1 aliphatic rings. The van der Waals surface area contributed by atoms with Gasteiger partial charge in [-0.1, -0.05) is 53.7 Å². The van der Waals surface area contributed by atoms with Crippen molar-refractivity contribution in [2.75, 3.05) is 6.54 Å². The smallest absolute Gasteiger partial charge is 0.284 e. The van der Waals surface area contributed by atoms with Crippen molar-refractivity contribution in [1.29, 1.82) is 0 Å². The van der Waals surface area contributed by atoms with Crippen molar-refractivity contribution in [3.8, 4) is 0 Å². The van der Waals surface area contributed by atoms with E-state index in [0.717, 1.165) is 17.3 Å². The molecular weight excluding hydrogens is 380 g/mol. The minimum Gasteiger partial charge on any atom is -0.290 e. The molecule has 25 heavy (non-hydrogen) atoms. The van der Waals surface area contributed by atoms with Crippen molar-refractivity contribution >= 4 is 44.5 Å². The summed E-state index contributed by atoms with van der Waals surface area (Å²) in [7, 11) is -3.92. The zero-order chi connectivity index (χ0) is 18.0. The number of likely N-dealkylation sites (N-methyl/N-ethyl adjacent to an activating group) is 1. The fourth-order valence-corrected chi connectivity index (χ4v) is 4.98. The van der Waals surface area contributed by atoms with Gasteiger partial charge in [-0.15, -0.1) is 4.40 Å². The standard InChI is InChI=1S/C17H15ClN2O3S2/c1-2-20-16(21)15(12-6-4-3-5-7-12)24-17(20)19-25(22,23)14-10-8-13(18)9-11-14/h3-11,15H,2H2,1H3/b19-17+. The Morgan fingerprint density at radius 3 is 2.36 bits per heavy atom. The Hall–Kier alpha value is -1.83. The van der Waals surface area contributed by atoms with E-state index in [0.29, 0.717) is 11.6 Å². The Bertz CT molecular complexity index is 913. The summed E-state index contributed by atoms with van der Waals surface area (Å²) in [6.45, 7) is 2.14. The Kier molecular flexibility index (Phi) is 5.17. The molecule has 0 aliphatic carbocycles. The van der Waals surface area contributed by atoms with E-state index in [1.165, 1.54) is 29.2 Å². The molecule has 0 spiro atoms. The summed E-state index contributed by atoms with van der Waals surface area (Å²) < 4.78 is 29.0. The maximum atomic E-state index is 12.6. The second-order valence-corrected chi connectivity index (χ2v) is 8.41. The van der Waals surface area contributed by atoms with Gasteiger partial charge in [0.2, 0.25) is 5.91 Å². The van der Waals surface area contributed by atoms with E-state index in [9.17, 15) is 13.2 Å². The Balaban J connectivity index is 1.96. The molecule has 1 heterocycles. The van der Waals surface area contributed by atoms with Gasteiger partial charge in [0.1, 0.15) is 5.25 Å². The maximum Gasteiger partial charge on any atom is 0.284 e. The Labute approximate surface area is 155 Å². The highest BCUT2D eigenvalue weighted by Crippen LogP contribution is 2.39. The molecule has 1 unspecified atom stereocenters. The van der Waals surface area contributed by atoms with Crippen LogP contribution in [0.4, 0.5) is 0 Å². The summed E-state index contributed by atoms with van der Waals surface area (Å²) in [6, 6.07) is 15.0. The molecule has 1 amide bonds. The molecular formula is C17H15ClN2O3S2. The van der Waals surface area contributed by atoms with E-state index in [2.05, 4.69) is 4.40 Å². The van der Waals surface area contributed by atoms with Crippen LogP contribution in [0, 0.1) is 0 Å². The first-order chi connectivity index (χ1) is 11.9. The molecule has 0 radical (unpaired) electrons. The number of hydrogen-bond acceptors (Lipinski definition) is 4. The van der Waals surface area contributed by atoms with Gasteiger partial charge in [-0.05, 0) is 36.8 Å². The summed E-state index contributed by atoms with van der Waals surface area (Å²) in [5.41, 5.74) is 0.824. The molecule has 2 aromatic rings. The molecule has 0 saturated carbocycles. The van der Waals surface area contributed by atoms with Gasteiger partial charge in [0.05, 0.1) is 4.90 Å². The summed E-state index contributed by atoms with van der Waals surface area (Å²) in [5, 5.41) is 0.146. The predicted octanol–water partition coefficient (Wildman–Crippen LogP) is 3.72. The molecule has 2 aromatic carbocycles. The lowest BCUT2D eigenvalue weighted by Crippen LogP contribution is -2.30. The van der Waals surface area contributed by atoms with Crippen molar-refractivity contribution in [1.82, 2.24) is 4.90 Å². The van der Waals surface area contributed by atoms with Crippen molar-refractivity contribution in [3.63, 3.8) is 0 Å². The van der Waals surface area contributed by atoms with Crippen LogP contribution in [0.1, 0.15) is 17.7 Å². The number of halogens is 1. The second-order valence-electron chi connectivity index (χ2n) is 5.29. The Morgan fingerprint density at radius 1 is 1.12 bits per heavy atom. The normalized spacial score (nSPS) is 19.6. The van der Waals surface area contributed by atoms with Crippen LogP contribution in [0.3, 0.4) is 0 Å². The van der Waals surface area contributed by atoms with E-state index < -0.39 is 15.3 Å². The summed E-state index contributed by atoms with van der Waals surface area (Å²) in [6.07, 6.45) is 0. The third-order valence-corrected chi connectivity index (χ3v) is 6.55. The second kappa shape index (κ2) is 7.19. The highest BCUT2D eigenvalue weighted by molar-refractivity contribution is 8.15. The molecule has 0 aromatic heterocycles. The summed E-state index contributed by atoms with van der Waals surface area (Å²) >= 11 is 6.95. The number of carbonyl (C=O) groups excluding carboxylic acids is 1. The first kappa shape index (κ1) is 18.0. The molecule has 1 atom stereocenters. The lowest BCUT2D eigenvalue weighted by atomic mass is 10.1. The molecule has 130 valence electrons. The molecule has 0 bridgehead atoms. The van der Waals surface area contributed by atoms with Crippen molar-refractivity contribution in [3.05, 3.63) is 65.2 Å². The van der Waals surface area contributed by atoms with Gasteiger partial charge in [0.15, 0.2) is 5.17 Å². The average molecular weight is 395 g/mol. The fourth-order valence-electron chi connectivity index (χ4n) is 2.42. The Morgan fingerprint density at radius 2 is 1.76 bits per heavy atom. The predicted molar refractivity (Wildman–Crippen MR) is 100 cm³/mol. The van der Waals surface area contributed by atoms with E-state index >= 15 is 0 Å². The van der Waals surface area contributed by atoms with Gasteiger partial charge in [0, 0.05) is 11.6 Å². The van der Waals surface area contributed by atoms with Crippen molar-refractivity contribution < 1.29 is 13.2 Å². The van der Waals surface area contributed by atoms with Gasteiger partial charge in [0.25, 0.3) is 10.0 Å². The van der Waals surface area contributed by atoms with Crippen LogP contribution in [0.2, 0.25) is 5.02 Å². The van der Waals surface area contributed by atoms with E-state index in [4.69, 9.17) is 11.6 Å². The number of nitrogens with zero attached hydrogens (tertiary/aromatic N) is 2. The maximum absolute atomic E-state index is 12.6. The van der Waals surface area contributed by atoms with Crippen LogP contribution < -0.4 is 0 Å². The zero-order valence-corrected chi connectivity index (χ0v) is 15.7. The van der Waals surface area contributed by atoms with Gasteiger partial charge in [-0.25, -0.2) is 0 Å². The molecule has 3 rings (SSSR count). The monoisotopic (exact) mass is 394 g/mol. The van der Waals surface area contributed by atoms with Crippen LogP contribution in [0.5, 0.6) is 0 Å². The SMILES string of the molecule is CCN1C(=O)C(c2ccccc2)S/C1=N/S(=O)(=O)c1ccc(Cl)cc1. The topological polar surface area (TPSA) is 66.8 Å². The summed E-state index contributed by atoms with van der Waals surface area (Å²) in [5.74, 6) is -0.163. The zero-order valence-electron chi connectivity index (χ0n) is 13.3. The average Bonchev–Trinajstić information content (AvgIpc) is 2.91. The fraction of sp³-hybridized carbons (Fsp3) is 0.176. The highest BCUT2D eigenvalue weighted by atomic mass is 35.5. The third kappa shape index (κ3) is 3.73. The van der Waals surface area contributed by atoms with Crippen LogP contribution >= 0.6 is 23.4 Å². The molecule has 0 N–H and O–H groups in total. The van der Waals surface area contributed by atoms with E-state index in [-0.39, 0.29) is 16.0 Å². The first-order valence-electron chi connectivity index (χ1n) is 7.56. The largest absolute Gasteiger partial charge is 0.290 e. The number of rotatable bonds is 4. The molecule has 8 heteroatoms. The summed E-state index contributed by atoms with van der Waals surface area (Å²) in [4.78, 5) is 14.1. The molecule has 1 saturated heterocycles. The number of carbonyl (C=O) groups is 1. The highest BCUT2D eigenvalue weighted by Gasteiger charge is 2.39. The van der Waals surface area contributed by atoms with Crippen LogP contribution in [-0.2, 0) is 14.8 Å². The van der Waals surface area contributed by atoms with Gasteiger partial charge < -0.3 is 0 Å². The van der Waals surface area contributed by atoms with Crippen LogP contribution in [-0.4, -0.2) is 30.9 Å². The van der Waals surface area contributed by atoms with Crippen molar-refractivity contribution in [2.24, 2.45) is 4.40 Å². The van der Waals surface area contributed by atoms with Crippen LogP contribution in [0.15, 0.2) is 63.9 Å². The minimum absolute atomic E-state index is 0.0386. The van der Waals surface area contributed by atoms with E-state index in [1.807, 2.05) is 30.3 Å². The number of thioether (sulfide) groups is 1. The third-order valence-electron chi connectivity index (χ3n) is 3.67. The van der Waals surface area contributed by atoms with Gasteiger partial charge in [-0.3, -0.25) is 9.69 Å². The number of amides is 1. The lowest BCUT2D eigenvalue weighted by molar-refractivity contribution is -0.126. The number of hydrogen-bond donors (Lipinski definition) is 0. The minimum atomic E-state index is -3.92. The number of sulfonamides is 1. The number of amidine groups is 1.